The highest BCUT2D eigenvalue weighted by Gasteiger charge is 2.18. The summed E-state index contributed by atoms with van der Waals surface area (Å²) in [5.74, 6) is -0.0282. The Morgan fingerprint density at radius 1 is 1.30 bits per heavy atom. The number of fused-ring (bicyclic) bond motifs is 1. The molecule has 2 aromatic heterocycles. The van der Waals surface area contributed by atoms with E-state index in [-0.39, 0.29) is 5.91 Å². The molecule has 0 aliphatic rings. The van der Waals surface area contributed by atoms with Gasteiger partial charge in [0.2, 0.25) is 0 Å². The molecule has 0 aliphatic carbocycles. The van der Waals surface area contributed by atoms with Gasteiger partial charge in [0.1, 0.15) is 11.3 Å². The van der Waals surface area contributed by atoms with Gasteiger partial charge in [-0.3, -0.25) is 9.20 Å². The molecule has 0 bridgehead atoms. The minimum absolute atomic E-state index is 0.0282. The SMILES string of the molecule is CCc1nc2c(C)cccn2c1C(=O)NCCCN(CC)CC. The Morgan fingerprint density at radius 3 is 2.70 bits per heavy atom. The van der Waals surface area contributed by atoms with Crippen molar-refractivity contribution in [3.8, 4) is 0 Å². The third-order valence-corrected chi connectivity index (χ3v) is 4.30. The first-order chi connectivity index (χ1) is 11.1. The van der Waals surface area contributed by atoms with Gasteiger partial charge >= 0.3 is 0 Å². The zero-order valence-electron chi connectivity index (χ0n) is 14.7. The van der Waals surface area contributed by atoms with Crippen LogP contribution in [-0.4, -0.2) is 46.4 Å². The number of hydrogen-bond acceptors (Lipinski definition) is 3. The van der Waals surface area contributed by atoms with Gasteiger partial charge in [0.15, 0.2) is 0 Å². The van der Waals surface area contributed by atoms with Crippen molar-refractivity contribution in [2.75, 3.05) is 26.2 Å². The molecule has 2 heterocycles. The topological polar surface area (TPSA) is 49.6 Å². The number of rotatable bonds is 8. The molecular formula is C18H28N4O. The first-order valence-corrected chi connectivity index (χ1v) is 8.59. The van der Waals surface area contributed by atoms with E-state index < -0.39 is 0 Å². The molecule has 0 unspecified atom stereocenters. The lowest BCUT2D eigenvalue weighted by atomic mass is 10.2. The Labute approximate surface area is 138 Å². The van der Waals surface area contributed by atoms with Gasteiger partial charge < -0.3 is 10.2 Å². The number of hydrogen-bond donors (Lipinski definition) is 1. The number of carbonyl (C=O) groups excluding carboxylic acids is 1. The smallest absolute Gasteiger partial charge is 0.270 e. The van der Waals surface area contributed by atoms with E-state index in [2.05, 4.69) is 29.0 Å². The molecule has 2 aromatic rings. The van der Waals surface area contributed by atoms with E-state index >= 15 is 0 Å². The highest BCUT2D eigenvalue weighted by molar-refractivity contribution is 5.94. The second-order valence-electron chi connectivity index (χ2n) is 5.78. The standard InChI is InChI=1S/C18H28N4O/c1-5-15-16(22-13-8-10-14(4)17(22)20-15)18(23)19-11-9-12-21(6-2)7-3/h8,10,13H,5-7,9,11-12H2,1-4H3,(H,19,23). The van der Waals surface area contributed by atoms with Gasteiger partial charge in [0.25, 0.3) is 5.91 Å². The molecule has 0 saturated carbocycles. The second kappa shape index (κ2) is 8.11. The molecule has 0 atom stereocenters. The predicted octanol–water partition coefficient (Wildman–Crippen LogP) is 2.67. The first kappa shape index (κ1) is 17.5. The van der Waals surface area contributed by atoms with Crippen LogP contribution in [0.2, 0.25) is 0 Å². The monoisotopic (exact) mass is 316 g/mol. The van der Waals surface area contributed by atoms with Crippen LogP contribution in [0.4, 0.5) is 0 Å². The van der Waals surface area contributed by atoms with E-state index in [0.29, 0.717) is 12.2 Å². The molecular weight excluding hydrogens is 288 g/mol. The van der Waals surface area contributed by atoms with Gasteiger partial charge in [0.05, 0.1) is 5.69 Å². The van der Waals surface area contributed by atoms with Gasteiger partial charge in [-0.15, -0.1) is 0 Å². The lowest BCUT2D eigenvalue weighted by Crippen LogP contribution is -2.30. The average Bonchev–Trinajstić information content (AvgIpc) is 2.95. The highest BCUT2D eigenvalue weighted by Crippen LogP contribution is 2.16. The van der Waals surface area contributed by atoms with Crippen molar-refractivity contribution in [2.24, 2.45) is 0 Å². The van der Waals surface area contributed by atoms with Gasteiger partial charge in [-0.25, -0.2) is 4.98 Å². The normalized spacial score (nSPS) is 11.3. The Balaban J connectivity index is 2.07. The lowest BCUT2D eigenvalue weighted by molar-refractivity contribution is 0.0945. The summed E-state index contributed by atoms with van der Waals surface area (Å²) >= 11 is 0. The molecule has 2 rings (SSSR count). The van der Waals surface area contributed by atoms with E-state index in [4.69, 9.17) is 0 Å². The fourth-order valence-corrected chi connectivity index (χ4v) is 2.87. The van der Waals surface area contributed by atoms with E-state index in [1.54, 1.807) is 0 Å². The van der Waals surface area contributed by atoms with Gasteiger partial charge in [0, 0.05) is 12.7 Å². The van der Waals surface area contributed by atoms with Crippen molar-refractivity contribution in [1.82, 2.24) is 19.6 Å². The number of aryl methyl sites for hydroxylation is 2. The Morgan fingerprint density at radius 2 is 2.04 bits per heavy atom. The van der Waals surface area contributed by atoms with Crippen LogP contribution >= 0.6 is 0 Å². The first-order valence-electron chi connectivity index (χ1n) is 8.59. The summed E-state index contributed by atoms with van der Waals surface area (Å²) in [6.45, 7) is 12.2. The molecule has 1 amide bonds. The highest BCUT2D eigenvalue weighted by atomic mass is 16.1. The molecule has 0 aromatic carbocycles. The maximum Gasteiger partial charge on any atom is 0.270 e. The van der Waals surface area contributed by atoms with E-state index in [9.17, 15) is 4.79 Å². The zero-order chi connectivity index (χ0) is 16.8. The fraction of sp³-hybridized carbons (Fsp3) is 0.556. The quantitative estimate of drug-likeness (QED) is 0.762. The van der Waals surface area contributed by atoms with Crippen LogP contribution in [0.15, 0.2) is 18.3 Å². The predicted molar refractivity (Wildman–Crippen MR) is 94.0 cm³/mol. The summed E-state index contributed by atoms with van der Waals surface area (Å²) in [4.78, 5) is 19.6. The number of carbonyl (C=O) groups is 1. The average molecular weight is 316 g/mol. The van der Waals surface area contributed by atoms with Gasteiger partial charge in [-0.1, -0.05) is 26.8 Å². The van der Waals surface area contributed by atoms with Crippen molar-refractivity contribution in [3.63, 3.8) is 0 Å². The third kappa shape index (κ3) is 3.91. The molecule has 5 heteroatoms. The third-order valence-electron chi connectivity index (χ3n) is 4.30. The Kier molecular flexibility index (Phi) is 6.16. The molecule has 0 aliphatic heterocycles. The van der Waals surface area contributed by atoms with Crippen LogP contribution < -0.4 is 5.32 Å². The molecule has 0 saturated heterocycles. The van der Waals surface area contributed by atoms with Crippen LogP contribution in [0, 0.1) is 6.92 Å². The van der Waals surface area contributed by atoms with Crippen molar-refractivity contribution < 1.29 is 4.79 Å². The summed E-state index contributed by atoms with van der Waals surface area (Å²) < 4.78 is 1.91. The number of aromatic nitrogens is 2. The molecule has 5 nitrogen and oxygen atoms in total. The van der Waals surface area contributed by atoms with Crippen molar-refractivity contribution in [2.45, 2.75) is 40.5 Å². The zero-order valence-corrected chi connectivity index (χ0v) is 14.7. The summed E-state index contributed by atoms with van der Waals surface area (Å²) in [5.41, 5.74) is 3.50. The summed E-state index contributed by atoms with van der Waals surface area (Å²) in [6.07, 6.45) is 3.63. The minimum Gasteiger partial charge on any atom is -0.351 e. The van der Waals surface area contributed by atoms with Gasteiger partial charge in [-0.05, 0) is 51.0 Å². The number of imidazole rings is 1. The maximum atomic E-state index is 12.6. The van der Waals surface area contributed by atoms with E-state index in [1.165, 1.54) is 0 Å². The largest absolute Gasteiger partial charge is 0.351 e. The molecule has 126 valence electrons. The van der Waals surface area contributed by atoms with Crippen LogP contribution in [0.1, 0.15) is 48.9 Å². The summed E-state index contributed by atoms with van der Waals surface area (Å²) in [7, 11) is 0. The number of amides is 1. The maximum absolute atomic E-state index is 12.6. The van der Waals surface area contributed by atoms with E-state index in [1.807, 2.05) is 36.6 Å². The number of pyridine rings is 1. The number of nitrogens with zero attached hydrogens (tertiary/aromatic N) is 3. The lowest BCUT2D eigenvalue weighted by Gasteiger charge is -2.17. The molecule has 0 radical (unpaired) electrons. The Bertz CT molecular complexity index is 658. The summed E-state index contributed by atoms with van der Waals surface area (Å²) in [5, 5.41) is 3.05. The van der Waals surface area contributed by atoms with Crippen molar-refractivity contribution in [3.05, 3.63) is 35.3 Å². The summed E-state index contributed by atoms with van der Waals surface area (Å²) in [6, 6.07) is 3.98. The number of nitrogens with one attached hydrogen (secondary N) is 1. The van der Waals surface area contributed by atoms with Gasteiger partial charge in [-0.2, -0.15) is 0 Å². The second-order valence-corrected chi connectivity index (χ2v) is 5.78. The van der Waals surface area contributed by atoms with Crippen molar-refractivity contribution >= 4 is 11.6 Å². The molecule has 0 fully saturated rings. The molecule has 23 heavy (non-hydrogen) atoms. The molecule has 0 spiro atoms. The molecule has 1 N–H and O–H groups in total. The van der Waals surface area contributed by atoms with Crippen molar-refractivity contribution in [1.29, 1.82) is 0 Å². The van der Waals surface area contributed by atoms with Crippen LogP contribution in [0.3, 0.4) is 0 Å². The van der Waals surface area contributed by atoms with Crippen LogP contribution in [-0.2, 0) is 6.42 Å². The van der Waals surface area contributed by atoms with Crippen LogP contribution in [0.5, 0.6) is 0 Å². The minimum atomic E-state index is -0.0282. The Hall–Kier alpha value is -1.88. The van der Waals surface area contributed by atoms with E-state index in [0.717, 1.165) is 49.4 Å². The fourth-order valence-electron chi connectivity index (χ4n) is 2.87. The van der Waals surface area contributed by atoms with Crippen LogP contribution in [0.25, 0.3) is 5.65 Å².